The lowest BCUT2D eigenvalue weighted by Crippen LogP contribution is -2.06. The van der Waals surface area contributed by atoms with Crippen LogP contribution in [-0.2, 0) is 0 Å². The minimum Gasteiger partial charge on any atom is -0.465 e. The van der Waals surface area contributed by atoms with Crippen molar-refractivity contribution in [2.24, 2.45) is 0 Å². The molecular weight excluding hydrogens is 194 g/mol. The molecule has 5 heteroatoms. The summed E-state index contributed by atoms with van der Waals surface area (Å²) in [4.78, 5) is 10.1. The highest BCUT2D eigenvalue weighted by Gasteiger charge is 1.93. The SMILES string of the molecule is O=C(O)Nc1ccccc1.c1cn[nH]c1. The van der Waals surface area contributed by atoms with Gasteiger partial charge in [-0.05, 0) is 18.2 Å². The van der Waals surface area contributed by atoms with E-state index in [1.54, 1.807) is 36.7 Å². The predicted octanol–water partition coefficient (Wildman–Crippen LogP) is 2.19. The van der Waals surface area contributed by atoms with Crippen LogP contribution < -0.4 is 5.32 Å². The Kier molecular flexibility index (Phi) is 4.45. The van der Waals surface area contributed by atoms with Gasteiger partial charge in [-0.25, -0.2) is 4.79 Å². The van der Waals surface area contributed by atoms with Crippen molar-refractivity contribution in [1.29, 1.82) is 0 Å². The van der Waals surface area contributed by atoms with Crippen LogP contribution in [0.15, 0.2) is 48.8 Å². The number of nitrogens with one attached hydrogen (secondary N) is 2. The van der Waals surface area contributed by atoms with Gasteiger partial charge in [0, 0.05) is 18.1 Å². The van der Waals surface area contributed by atoms with Crippen LogP contribution in [0.4, 0.5) is 10.5 Å². The van der Waals surface area contributed by atoms with Crippen molar-refractivity contribution in [2.45, 2.75) is 0 Å². The molecule has 0 aliphatic heterocycles. The second-order valence-electron chi connectivity index (χ2n) is 2.56. The molecule has 2 aromatic rings. The first-order valence-electron chi connectivity index (χ1n) is 4.28. The normalized spacial score (nSPS) is 8.53. The van der Waals surface area contributed by atoms with Gasteiger partial charge >= 0.3 is 6.09 Å². The lowest BCUT2D eigenvalue weighted by Gasteiger charge is -1.96. The van der Waals surface area contributed by atoms with Gasteiger partial charge in [0.05, 0.1) is 0 Å². The maximum absolute atomic E-state index is 10.1. The van der Waals surface area contributed by atoms with E-state index < -0.39 is 6.09 Å². The number of anilines is 1. The standard InChI is InChI=1S/C7H7NO2.C3H4N2/c9-7(10)8-6-4-2-1-3-5-6;1-2-4-5-3-1/h1-5,8H,(H,9,10);1-3H,(H,4,5). The molecule has 0 bridgehead atoms. The van der Waals surface area contributed by atoms with E-state index >= 15 is 0 Å². The number of rotatable bonds is 1. The topological polar surface area (TPSA) is 78.0 Å². The van der Waals surface area contributed by atoms with Crippen LogP contribution in [0.3, 0.4) is 0 Å². The zero-order chi connectivity index (χ0) is 10.9. The third-order valence-corrected chi connectivity index (χ3v) is 1.43. The number of aromatic nitrogens is 2. The largest absolute Gasteiger partial charge is 0.465 e. The second-order valence-corrected chi connectivity index (χ2v) is 2.56. The number of carbonyl (C=O) groups is 1. The van der Waals surface area contributed by atoms with Gasteiger partial charge in [0.1, 0.15) is 0 Å². The third-order valence-electron chi connectivity index (χ3n) is 1.43. The Morgan fingerprint density at radius 1 is 1.27 bits per heavy atom. The van der Waals surface area contributed by atoms with E-state index in [2.05, 4.69) is 15.5 Å². The molecule has 0 spiro atoms. The Hall–Kier alpha value is -2.30. The van der Waals surface area contributed by atoms with Gasteiger partial charge in [0.2, 0.25) is 0 Å². The van der Waals surface area contributed by atoms with Crippen molar-refractivity contribution in [3.05, 3.63) is 48.8 Å². The van der Waals surface area contributed by atoms with E-state index in [4.69, 9.17) is 5.11 Å². The van der Waals surface area contributed by atoms with E-state index in [1.165, 1.54) is 0 Å². The van der Waals surface area contributed by atoms with Gasteiger partial charge < -0.3 is 5.11 Å². The lowest BCUT2D eigenvalue weighted by atomic mass is 10.3. The van der Waals surface area contributed by atoms with Crippen molar-refractivity contribution in [2.75, 3.05) is 5.32 Å². The molecule has 1 aromatic heterocycles. The zero-order valence-corrected chi connectivity index (χ0v) is 7.92. The summed E-state index contributed by atoms with van der Waals surface area (Å²) in [7, 11) is 0. The minimum atomic E-state index is -1.04. The van der Waals surface area contributed by atoms with Crippen LogP contribution in [0.25, 0.3) is 0 Å². The third kappa shape index (κ3) is 5.09. The van der Waals surface area contributed by atoms with Crippen molar-refractivity contribution in [3.63, 3.8) is 0 Å². The van der Waals surface area contributed by atoms with Gasteiger partial charge in [0.15, 0.2) is 0 Å². The van der Waals surface area contributed by atoms with Gasteiger partial charge in [-0.3, -0.25) is 10.4 Å². The van der Waals surface area contributed by atoms with E-state index in [9.17, 15) is 4.79 Å². The van der Waals surface area contributed by atoms with Gasteiger partial charge in [-0.15, -0.1) is 0 Å². The molecule has 5 nitrogen and oxygen atoms in total. The van der Waals surface area contributed by atoms with E-state index in [0.29, 0.717) is 5.69 Å². The quantitative estimate of drug-likeness (QED) is 0.667. The Bertz CT molecular complexity index is 356. The molecule has 0 aliphatic carbocycles. The second kappa shape index (κ2) is 6.20. The summed E-state index contributed by atoms with van der Waals surface area (Å²) < 4.78 is 0. The highest BCUT2D eigenvalue weighted by atomic mass is 16.4. The van der Waals surface area contributed by atoms with Crippen molar-refractivity contribution >= 4 is 11.8 Å². The van der Waals surface area contributed by atoms with Crippen LogP contribution >= 0.6 is 0 Å². The number of amides is 1. The number of para-hydroxylation sites is 1. The smallest absolute Gasteiger partial charge is 0.409 e. The molecule has 1 heterocycles. The highest BCUT2D eigenvalue weighted by Crippen LogP contribution is 2.03. The van der Waals surface area contributed by atoms with Crippen molar-refractivity contribution in [1.82, 2.24) is 10.2 Å². The molecule has 0 saturated heterocycles. The molecule has 0 radical (unpaired) electrons. The average Bonchev–Trinajstić information content (AvgIpc) is 2.76. The maximum atomic E-state index is 10.1. The number of hydrogen-bond donors (Lipinski definition) is 3. The number of H-pyrrole nitrogens is 1. The summed E-state index contributed by atoms with van der Waals surface area (Å²) >= 11 is 0. The number of aromatic amines is 1. The predicted molar refractivity (Wildman–Crippen MR) is 56.7 cm³/mol. The fourth-order valence-electron chi connectivity index (χ4n) is 0.860. The maximum Gasteiger partial charge on any atom is 0.409 e. The fourth-order valence-corrected chi connectivity index (χ4v) is 0.860. The van der Waals surface area contributed by atoms with E-state index in [1.807, 2.05) is 12.1 Å². The Labute approximate surface area is 86.8 Å². The molecule has 1 aromatic carbocycles. The summed E-state index contributed by atoms with van der Waals surface area (Å²) in [6.07, 6.45) is 2.42. The number of nitrogens with zero attached hydrogens (tertiary/aromatic N) is 1. The lowest BCUT2D eigenvalue weighted by molar-refractivity contribution is 0.210. The average molecular weight is 205 g/mol. The number of benzene rings is 1. The molecule has 0 unspecified atom stereocenters. The molecule has 0 saturated carbocycles. The Balaban J connectivity index is 0.000000187. The van der Waals surface area contributed by atoms with Crippen molar-refractivity contribution in [3.8, 4) is 0 Å². The molecule has 15 heavy (non-hydrogen) atoms. The first kappa shape index (κ1) is 10.8. The summed E-state index contributed by atoms with van der Waals surface area (Å²) in [5, 5.41) is 16.7. The fraction of sp³-hybridized carbons (Fsp3) is 0. The van der Waals surface area contributed by atoms with Gasteiger partial charge in [0.25, 0.3) is 0 Å². The molecule has 0 atom stereocenters. The van der Waals surface area contributed by atoms with Crippen LogP contribution in [-0.4, -0.2) is 21.4 Å². The first-order valence-corrected chi connectivity index (χ1v) is 4.28. The molecule has 2 rings (SSSR count). The Morgan fingerprint density at radius 3 is 2.40 bits per heavy atom. The van der Waals surface area contributed by atoms with Gasteiger partial charge in [-0.1, -0.05) is 18.2 Å². The monoisotopic (exact) mass is 205 g/mol. The highest BCUT2D eigenvalue weighted by molar-refractivity contribution is 5.82. The molecule has 0 aliphatic rings. The number of carboxylic acid groups (broad SMARTS) is 1. The summed E-state index contributed by atoms with van der Waals surface area (Å²) in [5.41, 5.74) is 0.593. The van der Waals surface area contributed by atoms with Crippen LogP contribution in [0.2, 0.25) is 0 Å². The van der Waals surface area contributed by atoms with Gasteiger partial charge in [-0.2, -0.15) is 5.10 Å². The molecular formula is C10H11N3O2. The van der Waals surface area contributed by atoms with Crippen LogP contribution in [0.5, 0.6) is 0 Å². The Morgan fingerprint density at radius 2 is 2.00 bits per heavy atom. The summed E-state index contributed by atoms with van der Waals surface area (Å²) in [5.74, 6) is 0. The van der Waals surface area contributed by atoms with Crippen LogP contribution in [0, 0.1) is 0 Å². The number of hydrogen-bond acceptors (Lipinski definition) is 2. The van der Waals surface area contributed by atoms with Crippen molar-refractivity contribution < 1.29 is 9.90 Å². The van der Waals surface area contributed by atoms with E-state index in [0.717, 1.165) is 0 Å². The molecule has 0 fully saturated rings. The molecule has 1 amide bonds. The molecule has 3 N–H and O–H groups in total. The summed E-state index contributed by atoms with van der Waals surface area (Å²) in [6.45, 7) is 0. The minimum absolute atomic E-state index is 0.593. The summed E-state index contributed by atoms with van der Waals surface area (Å²) in [6, 6.07) is 10.6. The molecule has 78 valence electrons. The van der Waals surface area contributed by atoms with Crippen LogP contribution in [0.1, 0.15) is 0 Å². The zero-order valence-electron chi connectivity index (χ0n) is 7.92. The van der Waals surface area contributed by atoms with E-state index in [-0.39, 0.29) is 0 Å². The first-order chi connectivity index (χ1) is 7.29.